The van der Waals surface area contributed by atoms with Gasteiger partial charge in [-0.2, -0.15) is 0 Å². The largest absolute Gasteiger partial charge is 0.460 e. The monoisotopic (exact) mass is 506 g/mol. The molecule has 35 heavy (non-hydrogen) atoms. The number of allylic oxidation sites excluding steroid dienone is 1. The Morgan fingerprint density at radius 2 is 1.86 bits per heavy atom. The Kier molecular flexibility index (Phi) is 8.42. The molecule has 0 radical (unpaired) electrons. The fourth-order valence-electron chi connectivity index (χ4n) is 3.65. The van der Waals surface area contributed by atoms with E-state index in [-0.39, 0.29) is 10.8 Å². The van der Waals surface area contributed by atoms with E-state index >= 15 is 0 Å². The lowest BCUT2D eigenvalue weighted by Crippen LogP contribution is -2.60. The fourth-order valence-corrected chi connectivity index (χ4v) is 3.82. The zero-order valence-corrected chi connectivity index (χ0v) is 20.5. The Hall–Kier alpha value is -2.66. The second kappa shape index (κ2) is 10.9. The Morgan fingerprint density at radius 1 is 1.14 bits per heavy atom. The molecule has 0 bridgehead atoms. The van der Waals surface area contributed by atoms with E-state index in [1.165, 1.54) is 12.1 Å². The number of nitrogens with one attached hydrogen (secondary N) is 2. The maximum atomic E-state index is 12.8. The summed E-state index contributed by atoms with van der Waals surface area (Å²) in [6.45, 7) is 9.03. The molecule has 0 aliphatic carbocycles. The standard InChI is InChI=1S/C25H31ClN2O7/c1-13(2)14-6-5-7-15(10-14)25(3,4)28-24(33)27-16-8-9-17(26)18(11-16)34-23-22(32)21(31)20(30)19(12-29)35-23/h5-11,19-23,29-32H,1,12H2,2-4H3,(H2,27,28,33). The summed E-state index contributed by atoms with van der Waals surface area (Å²) in [6, 6.07) is 11.7. The number of anilines is 1. The Morgan fingerprint density at radius 3 is 2.51 bits per heavy atom. The summed E-state index contributed by atoms with van der Waals surface area (Å²) in [6.07, 6.45) is -7.25. The number of hydrogen-bond acceptors (Lipinski definition) is 7. The lowest BCUT2D eigenvalue weighted by Gasteiger charge is -2.39. The highest BCUT2D eigenvalue weighted by Crippen LogP contribution is 2.32. The molecule has 0 saturated carbocycles. The third-order valence-electron chi connectivity index (χ3n) is 5.78. The van der Waals surface area contributed by atoms with Gasteiger partial charge in [0.15, 0.2) is 0 Å². The van der Waals surface area contributed by atoms with Crippen LogP contribution in [0.2, 0.25) is 5.02 Å². The van der Waals surface area contributed by atoms with Crippen LogP contribution in [0.15, 0.2) is 49.0 Å². The number of amides is 2. The number of aliphatic hydroxyl groups is 4. The predicted molar refractivity (Wildman–Crippen MR) is 132 cm³/mol. The zero-order valence-electron chi connectivity index (χ0n) is 19.7. The highest BCUT2D eigenvalue weighted by atomic mass is 35.5. The fraction of sp³-hybridized carbons (Fsp3) is 0.400. The minimum Gasteiger partial charge on any atom is -0.460 e. The van der Waals surface area contributed by atoms with E-state index in [4.69, 9.17) is 21.1 Å². The van der Waals surface area contributed by atoms with E-state index in [2.05, 4.69) is 17.2 Å². The van der Waals surface area contributed by atoms with Gasteiger partial charge in [0.1, 0.15) is 30.2 Å². The molecule has 2 aromatic carbocycles. The molecule has 6 N–H and O–H groups in total. The predicted octanol–water partition coefficient (Wildman–Crippen LogP) is 2.61. The SMILES string of the molecule is C=C(C)c1cccc(C(C)(C)NC(=O)Nc2ccc(Cl)c(OC3OC(CO)C(O)C(O)C3O)c2)c1. The van der Waals surface area contributed by atoms with Crippen LogP contribution < -0.4 is 15.4 Å². The van der Waals surface area contributed by atoms with E-state index in [9.17, 15) is 25.2 Å². The first-order valence-corrected chi connectivity index (χ1v) is 11.4. The molecule has 2 aromatic rings. The number of aliphatic hydroxyl groups excluding tert-OH is 4. The summed E-state index contributed by atoms with van der Waals surface area (Å²) in [5, 5.41) is 45.2. The van der Waals surface area contributed by atoms with Crippen LogP contribution in [0.1, 0.15) is 31.9 Å². The van der Waals surface area contributed by atoms with Crippen molar-refractivity contribution in [1.82, 2.24) is 5.32 Å². The van der Waals surface area contributed by atoms with Crippen molar-refractivity contribution in [1.29, 1.82) is 0 Å². The number of carbonyl (C=O) groups is 1. The summed E-state index contributed by atoms with van der Waals surface area (Å²) in [4.78, 5) is 12.8. The number of halogens is 1. The number of rotatable bonds is 7. The van der Waals surface area contributed by atoms with Gasteiger partial charge in [0.2, 0.25) is 6.29 Å². The van der Waals surface area contributed by atoms with Gasteiger partial charge in [0.05, 0.1) is 17.2 Å². The Bertz CT molecular complexity index is 1080. The van der Waals surface area contributed by atoms with E-state index in [1.807, 2.05) is 45.0 Å². The third-order valence-corrected chi connectivity index (χ3v) is 6.10. The van der Waals surface area contributed by atoms with Gasteiger partial charge in [-0.3, -0.25) is 0 Å². The molecular weight excluding hydrogens is 476 g/mol. The van der Waals surface area contributed by atoms with Gasteiger partial charge >= 0.3 is 6.03 Å². The number of benzene rings is 2. The normalized spacial score (nSPS) is 24.5. The first-order chi connectivity index (χ1) is 16.4. The molecule has 0 spiro atoms. The maximum Gasteiger partial charge on any atom is 0.319 e. The van der Waals surface area contributed by atoms with E-state index < -0.39 is 48.9 Å². The van der Waals surface area contributed by atoms with Crippen molar-refractivity contribution in [3.8, 4) is 5.75 Å². The summed E-state index contributed by atoms with van der Waals surface area (Å²) in [5.41, 5.74) is 2.44. The van der Waals surface area contributed by atoms with Crippen molar-refractivity contribution in [2.24, 2.45) is 0 Å². The second-order valence-electron chi connectivity index (χ2n) is 9.03. The molecule has 5 atom stereocenters. The van der Waals surface area contributed by atoms with Gasteiger partial charge in [-0.15, -0.1) is 0 Å². The van der Waals surface area contributed by atoms with Gasteiger partial charge in [-0.25, -0.2) is 4.79 Å². The van der Waals surface area contributed by atoms with Crippen molar-refractivity contribution in [2.45, 2.75) is 57.0 Å². The molecule has 190 valence electrons. The van der Waals surface area contributed by atoms with Crippen LogP contribution in [0.25, 0.3) is 5.57 Å². The van der Waals surface area contributed by atoms with Crippen LogP contribution >= 0.6 is 11.6 Å². The second-order valence-corrected chi connectivity index (χ2v) is 9.43. The molecule has 1 heterocycles. The Labute approximate surface area is 209 Å². The average molecular weight is 507 g/mol. The van der Waals surface area contributed by atoms with Crippen LogP contribution in [0.3, 0.4) is 0 Å². The van der Waals surface area contributed by atoms with Crippen molar-refractivity contribution >= 4 is 28.9 Å². The number of urea groups is 1. The summed E-state index contributed by atoms with van der Waals surface area (Å²) in [5.74, 6) is 0.0576. The summed E-state index contributed by atoms with van der Waals surface area (Å²) in [7, 11) is 0. The molecule has 9 nitrogen and oxygen atoms in total. The van der Waals surface area contributed by atoms with Gasteiger partial charge in [0.25, 0.3) is 0 Å². The lowest BCUT2D eigenvalue weighted by molar-refractivity contribution is -0.277. The number of ether oxygens (including phenoxy) is 2. The highest BCUT2D eigenvalue weighted by Gasteiger charge is 2.44. The topological polar surface area (TPSA) is 141 Å². The molecule has 3 rings (SSSR count). The van der Waals surface area contributed by atoms with Gasteiger partial charge in [-0.05, 0) is 50.1 Å². The average Bonchev–Trinajstić information content (AvgIpc) is 2.81. The van der Waals surface area contributed by atoms with Crippen LogP contribution in [0.4, 0.5) is 10.5 Å². The molecule has 1 aliphatic heterocycles. The zero-order chi connectivity index (χ0) is 25.9. The van der Waals surface area contributed by atoms with Crippen molar-refractivity contribution in [3.63, 3.8) is 0 Å². The van der Waals surface area contributed by atoms with Crippen molar-refractivity contribution in [2.75, 3.05) is 11.9 Å². The van der Waals surface area contributed by atoms with E-state index in [0.717, 1.165) is 16.7 Å². The molecule has 10 heteroatoms. The molecular formula is C25H31ClN2O7. The minimum absolute atomic E-state index is 0.0576. The molecule has 1 saturated heterocycles. The molecule has 1 aliphatic rings. The van der Waals surface area contributed by atoms with Gasteiger partial charge < -0.3 is 40.5 Å². The van der Waals surface area contributed by atoms with Crippen LogP contribution in [0.5, 0.6) is 5.75 Å². The van der Waals surface area contributed by atoms with Gasteiger partial charge in [0, 0.05) is 11.8 Å². The highest BCUT2D eigenvalue weighted by molar-refractivity contribution is 6.32. The number of carbonyl (C=O) groups excluding carboxylic acids is 1. The third kappa shape index (κ3) is 6.32. The first kappa shape index (κ1) is 26.9. The van der Waals surface area contributed by atoms with E-state index in [0.29, 0.717) is 5.69 Å². The number of hydrogen-bond donors (Lipinski definition) is 6. The van der Waals surface area contributed by atoms with Crippen molar-refractivity contribution < 1.29 is 34.7 Å². The first-order valence-electron chi connectivity index (χ1n) is 11.0. The smallest absolute Gasteiger partial charge is 0.319 e. The van der Waals surface area contributed by atoms with Crippen LogP contribution in [0, 0.1) is 0 Å². The molecule has 5 unspecified atom stereocenters. The molecule has 2 amide bonds. The maximum absolute atomic E-state index is 12.8. The van der Waals surface area contributed by atoms with Crippen LogP contribution in [-0.2, 0) is 10.3 Å². The summed E-state index contributed by atoms with van der Waals surface area (Å²) < 4.78 is 11.0. The van der Waals surface area contributed by atoms with Gasteiger partial charge in [-0.1, -0.05) is 42.0 Å². The molecule has 0 aromatic heterocycles. The summed E-state index contributed by atoms with van der Waals surface area (Å²) >= 11 is 6.20. The minimum atomic E-state index is -1.60. The lowest BCUT2D eigenvalue weighted by atomic mass is 9.92. The van der Waals surface area contributed by atoms with E-state index in [1.54, 1.807) is 6.07 Å². The Balaban J connectivity index is 1.71. The quantitative estimate of drug-likeness (QED) is 0.339. The van der Waals surface area contributed by atoms with Crippen LogP contribution in [-0.4, -0.2) is 63.8 Å². The van der Waals surface area contributed by atoms with Crippen molar-refractivity contribution in [3.05, 3.63) is 65.2 Å². The molecule has 1 fully saturated rings.